The third kappa shape index (κ3) is 8.40. The van der Waals surface area contributed by atoms with Gasteiger partial charge in [-0.3, -0.25) is 0 Å². The first kappa shape index (κ1) is 34.6. The van der Waals surface area contributed by atoms with Gasteiger partial charge >= 0.3 is 5.97 Å². The standard InChI is InChI=1S/C42H36N2O6/c1-47-36-17-7-30(8-18-36)40(31-9-19-37(48-2)20-10-31)27-44(35-15-5-29(6-16-35)25-34(26-43)42(45)46)28-41(32-11-21-38(49-3)22-12-32)33-13-23-39(50-4)24-14-33/h5-25,27-28H,1-4H3,(H,45,46)/b34-25+. The van der Waals surface area contributed by atoms with Crippen molar-refractivity contribution in [3.05, 3.63) is 167 Å². The molecule has 0 aliphatic carbocycles. The molecule has 0 saturated heterocycles. The first-order valence-corrected chi connectivity index (χ1v) is 15.6. The van der Waals surface area contributed by atoms with Crippen LogP contribution in [0.3, 0.4) is 0 Å². The highest BCUT2D eigenvalue weighted by Crippen LogP contribution is 2.33. The number of hydrogen-bond donors (Lipinski definition) is 1. The largest absolute Gasteiger partial charge is 0.497 e. The molecule has 0 atom stereocenters. The number of anilines is 1. The van der Waals surface area contributed by atoms with Gasteiger partial charge < -0.3 is 29.0 Å². The van der Waals surface area contributed by atoms with Crippen molar-refractivity contribution >= 4 is 28.9 Å². The van der Waals surface area contributed by atoms with Crippen molar-refractivity contribution in [3.63, 3.8) is 0 Å². The third-order valence-corrected chi connectivity index (χ3v) is 7.99. The lowest BCUT2D eigenvalue weighted by Crippen LogP contribution is -2.11. The Morgan fingerprint density at radius 3 is 1.14 bits per heavy atom. The molecule has 0 amide bonds. The summed E-state index contributed by atoms with van der Waals surface area (Å²) in [6, 6.07) is 40.5. The van der Waals surface area contributed by atoms with Crippen molar-refractivity contribution in [2.75, 3.05) is 33.3 Å². The number of nitriles is 1. The fraction of sp³-hybridized carbons (Fsp3) is 0.0952. The predicted molar refractivity (Wildman–Crippen MR) is 196 cm³/mol. The molecule has 8 heteroatoms. The number of carbonyl (C=O) groups is 1. The minimum atomic E-state index is -1.28. The van der Waals surface area contributed by atoms with Gasteiger partial charge in [0.25, 0.3) is 0 Å². The van der Waals surface area contributed by atoms with E-state index in [1.54, 1.807) is 46.6 Å². The summed E-state index contributed by atoms with van der Waals surface area (Å²) in [7, 11) is 6.54. The Labute approximate surface area is 292 Å². The van der Waals surface area contributed by atoms with E-state index in [1.807, 2.05) is 114 Å². The average molecular weight is 665 g/mol. The zero-order chi connectivity index (χ0) is 35.5. The molecule has 0 spiro atoms. The zero-order valence-corrected chi connectivity index (χ0v) is 28.2. The number of aliphatic carboxylic acids is 1. The van der Waals surface area contributed by atoms with Gasteiger partial charge in [0.15, 0.2) is 0 Å². The highest BCUT2D eigenvalue weighted by Gasteiger charge is 2.14. The van der Waals surface area contributed by atoms with Crippen LogP contribution in [0, 0.1) is 11.3 Å². The molecular weight excluding hydrogens is 628 g/mol. The lowest BCUT2D eigenvalue weighted by Gasteiger charge is -2.22. The van der Waals surface area contributed by atoms with Gasteiger partial charge in [0.1, 0.15) is 34.6 Å². The number of ether oxygens (including phenoxy) is 4. The third-order valence-electron chi connectivity index (χ3n) is 7.99. The number of nitrogens with zero attached hydrogens (tertiary/aromatic N) is 2. The molecular formula is C42H36N2O6. The molecule has 250 valence electrons. The smallest absolute Gasteiger partial charge is 0.346 e. The molecule has 8 nitrogen and oxygen atoms in total. The van der Waals surface area contributed by atoms with Crippen LogP contribution in [0.2, 0.25) is 0 Å². The van der Waals surface area contributed by atoms with E-state index >= 15 is 0 Å². The van der Waals surface area contributed by atoms with Crippen molar-refractivity contribution in [3.8, 4) is 29.1 Å². The van der Waals surface area contributed by atoms with Gasteiger partial charge in [0, 0.05) is 29.2 Å². The van der Waals surface area contributed by atoms with Crippen LogP contribution >= 0.6 is 0 Å². The maximum atomic E-state index is 11.5. The predicted octanol–water partition coefficient (Wildman–Crippen LogP) is 8.70. The van der Waals surface area contributed by atoms with E-state index in [-0.39, 0.29) is 5.57 Å². The van der Waals surface area contributed by atoms with Crippen LogP contribution in [0.5, 0.6) is 23.0 Å². The lowest BCUT2D eigenvalue weighted by molar-refractivity contribution is -0.132. The van der Waals surface area contributed by atoms with Gasteiger partial charge in [-0.1, -0.05) is 60.7 Å². The first-order chi connectivity index (χ1) is 24.3. The first-order valence-electron chi connectivity index (χ1n) is 15.6. The van der Waals surface area contributed by atoms with Gasteiger partial charge in [-0.2, -0.15) is 5.26 Å². The second kappa shape index (κ2) is 16.4. The molecule has 0 radical (unpaired) electrons. The Bertz CT molecular complexity index is 1830. The Kier molecular flexibility index (Phi) is 11.4. The Morgan fingerprint density at radius 1 is 0.560 bits per heavy atom. The molecule has 0 aliphatic rings. The SMILES string of the molecule is COc1ccc(C(=CN(C=C(c2ccc(OC)cc2)c2ccc(OC)cc2)c2ccc(/C=C(\C#N)C(=O)O)cc2)c2ccc(OC)cc2)cc1. The molecule has 50 heavy (non-hydrogen) atoms. The minimum Gasteiger partial charge on any atom is -0.497 e. The fourth-order valence-corrected chi connectivity index (χ4v) is 5.23. The second-order valence-corrected chi connectivity index (χ2v) is 11.0. The highest BCUT2D eigenvalue weighted by atomic mass is 16.5. The molecule has 0 saturated carbocycles. The van der Waals surface area contributed by atoms with E-state index in [2.05, 4.69) is 12.4 Å². The van der Waals surface area contributed by atoms with Crippen molar-refractivity contribution in [1.29, 1.82) is 5.26 Å². The number of rotatable bonds is 13. The molecule has 0 unspecified atom stereocenters. The maximum absolute atomic E-state index is 11.5. The van der Waals surface area contributed by atoms with E-state index in [1.165, 1.54) is 6.08 Å². The molecule has 0 fully saturated rings. The molecule has 5 aromatic carbocycles. The van der Waals surface area contributed by atoms with Crippen LogP contribution in [0.1, 0.15) is 27.8 Å². The van der Waals surface area contributed by atoms with Crippen LogP contribution in [0.4, 0.5) is 5.69 Å². The Morgan fingerprint density at radius 2 is 0.880 bits per heavy atom. The van der Waals surface area contributed by atoms with Crippen molar-refractivity contribution in [1.82, 2.24) is 0 Å². The Hall–Kier alpha value is -6.72. The summed E-state index contributed by atoms with van der Waals surface area (Å²) in [5.74, 6) is 1.67. The zero-order valence-electron chi connectivity index (χ0n) is 28.2. The topological polar surface area (TPSA) is 101 Å². The summed E-state index contributed by atoms with van der Waals surface area (Å²) < 4.78 is 21.8. The van der Waals surface area contributed by atoms with Crippen molar-refractivity contribution < 1.29 is 28.8 Å². The van der Waals surface area contributed by atoms with Crippen molar-refractivity contribution in [2.24, 2.45) is 0 Å². The van der Waals surface area contributed by atoms with E-state index in [0.29, 0.717) is 5.56 Å². The molecule has 0 aliphatic heterocycles. The van der Waals surface area contributed by atoms with Crippen LogP contribution in [0.25, 0.3) is 17.2 Å². The minimum absolute atomic E-state index is 0.350. The van der Waals surface area contributed by atoms with Gasteiger partial charge in [-0.15, -0.1) is 0 Å². The lowest BCUT2D eigenvalue weighted by atomic mass is 9.97. The number of benzene rings is 5. The normalized spacial score (nSPS) is 10.7. The molecule has 5 rings (SSSR count). The average Bonchev–Trinajstić information content (AvgIpc) is 3.17. The number of hydrogen-bond acceptors (Lipinski definition) is 7. The summed E-state index contributed by atoms with van der Waals surface area (Å²) >= 11 is 0. The Balaban J connectivity index is 1.76. The van der Waals surface area contributed by atoms with E-state index in [9.17, 15) is 15.2 Å². The molecule has 0 bridgehead atoms. The van der Waals surface area contributed by atoms with E-state index < -0.39 is 5.97 Å². The van der Waals surface area contributed by atoms with Gasteiger partial charge in [-0.25, -0.2) is 4.79 Å². The summed E-state index contributed by atoms with van der Waals surface area (Å²) in [6.45, 7) is 0. The molecule has 1 N–H and O–H groups in total. The summed E-state index contributed by atoms with van der Waals surface area (Å²) in [4.78, 5) is 13.5. The van der Waals surface area contributed by atoms with E-state index in [0.717, 1.165) is 62.1 Å². The quantitative estimate of drug-likeness (QED) is 0.0986. The van der Waals surface area contributed by atoms with Crippen LogP contribution < -0.4 is 23.8 Å². The number of methoxy groups -OCH3 is 4. The summed E-state index contributed by atoms with van der Waals surface area (Å²) in [6.07, 6.45) is 5.46. The summed E-state index contributed by atoms with van der Waals surface area (Å²) in [5.41, 5.74) is 6.64. The van der Waals surface area contributed by atoms with Crippen molar-refractivity contribution in [2.45, 2.75) is 0 Å². The fourth-order valence-electron chi connectivity index (χ4n) is 5.23. The number of carboxylic acids is 1. The molecule has 5 aromatic rings. The summed E-state index contributed by atoms with van der Waals surface area (Å²) in [5, 5.41) is 18.7. The van der Waals surface area contributed by atoms with Crippen LogP contribution in [-0.2, 0) is 4.79 Å². The molecule has 0 aromatic heterocycles. The highest BCUT2D eigenvalue weighted by molar-refractivity contribution is 5.96. The van der Waals surface area contributed by atoms with Gasteiger partial charge in [0.2, 0.25) is 0 Å². The van der Waals surface area contributed by atoms with Crippen LogP contribution in [-0.4, -0.2) is 39.5 Å². The second-order valence-electron chi connectivity index (χ2n) is 11.0. The van der Waals surface area contributed by atoms with Crippen LogP contribution in [0.15, 0.2) is 139 Å². The van der Waals surface area contributed by atoms with Gasteiger partial charge in [0.05, 0.1) is 28.4 Å². The monoisotopic (exact) mass is 664 g/mol. The molecule has 0 heterocycles. The maximum Gasteiger partial charge on any atom is 0.346 e. The van der Waals surface area contributed by atoms with Gasteiger partial charge in [-0.05, 0) is 94.6 Å². The number of carboxylic acid groups (broad SMARTS) is 1. The van der Waals surface area contributed by atoms with E-state index in [4.69, 9.17) is 18.9 Å².